The van der Waals surface area contributed by atoms with Gasteiger partial charge in [-0.2, -0.15) is 12.7 Å². The lowest BCUT2D eigenvalue weighted by Gasteiger charge is -2.13. The molecule has 0 aromatic carbocycles. The molecule has 1 aromatic heterocycles. The Balaban J connectivity index is 3.46. The molecule has 0 aliphatic heterocycles. The molecule has 0 N–H and O–H groups in total. The van der Waals surface area contributed by atoms with E-state index in [-0.39, 0.29) is 0 Å². The van der Waals surface area contributed by atoms with Gasteiger partial charge in [-0.1, -0.05) is 13.2 Å². The predicted octanol–water partition coefficient (Wildman–Crippen LogP) is 0.824. The average molecular weight is 227 g/mol. The first-order valence-electron chi connectivity index (χ1n) is 4.20. The first-order chi connectivity index (χ1) is 6.95. The average Bonchev–Trinajstić information content (AvgIpc) is 2.60. The van der Waals surface area contributed by atoms with Crippen LogP contribution in [0.5, 0.6) is 0 Å². The van der Waals surface area contributed by atoms with Crippen LogP contribution >= 0.6 is 0 Å². The van der Waals surface area contributed by atoms with Crippen molar-refractivity contribution < 1.29 is 8.42 Å². The van der Waals surface area contributed by atoms with Crippen molar-refractivity contribution in [2.45, 2.75) is 0 Å². The largest absolute Gasteiger partial charge is 0.308 e. The number of aromatic nitrogens is 2. The third-order valence-electron chi connectivity index (χ3n) is 1.90. The highest BCUT2D eigenvalue weighted by atomic mass is 32.2. The second-order valence-corrected chi connectivity index (χ2v) is 5.03. The topological polar surface area (TPSA) is 55.2 Å². The number of hydrogen-bond acceptors (Lipinski definition) is 3. The smallest absolute Gasteiger partial charge is 0.236 e. The van der Waals surface area contributed by atoms with Crippen LogP contribution in [0.2, 0.25) is 0 Å². The molecule has 82 valence electrons. The summed E-state index contributed by atoms with van der Waals surface area (Å²) >= 11 is 0. The molecule has 0 unspecified atom stereocenters. The molecule has 5 nitrogen and oxygen atoms in total. The Morgan fingerprint density at radius 2 is 2.00 bits per heavy atom. The van der Waals surface area contributed by atoms with Gasteiger partial charge < -0.3 is 0 Å². The summed E-state index contributed by atoms with van der Waals surface area (Å²) in [7, 11) is -0.632. The van der Waals surface area contributed by atoms with Crippen LogP contribution in [0.25, 0.3) is 12.2 Å². The number of nitrogens with zero attached hydrogens (tertiary/aromatic N) is 3. The van der Waals surface area contributed by atoms with E-state index in [1.54, 1.807) is 0 Å². The van der Waals surface area contributed by atoms with E-state index in [0.717, 1.165) is 8.28 Å². The summed E-state index contributed by atoms with van der Waals surface area (Å²) in [4.78, 5) is 3.92. The molecule has 0 saturated carbocycles. The van der Waals surface area contributed by atoms with E-state index in [2.05, 4.69) is 18.1 Å². The Morgan fingerprint density at radius 3 is 2.40 bits per heavy atom. The molecule has 1 rings (SSSR count). The molecule has 0 saturated heterocycles. The van der Waals surface area contributed by atoms with Gasteiger partial charge in [0.1, 0.15) is 6.33 Å². The maximum atomic E-state index is 11.8. The van der Waals surface area contributed by atoms with E-state index in [4.69, 9.17) is 0 Å². The van der Waals surface area contributed by atoms with E-state index >= 15 is 0 Å². The van der Waals surface area contributed by atoms with Crippen LogP contribution in [0.1, 0.15) is 11.4 Å². The summed E-state index contributed by atoms with van der Waals surface area (Å²) in [5.74, 6) is 0. The lowest BCUT2D eigenvalue weighted by molar-refractivity contribution is 0.510. The molecule has 6 heteroatoms. The van der Waals surface area contributed by atoms with E-state index in [9.17, 15) is 8.42 Å². The second kappa shape index (κ2) is 4.00. The van der Waals surface area contributed by atoms with E-state index in [1.165, 1.54) is 32.6 Å². The minimum absolute atomic E-state index is 0.415. The standard InChI is InChI=1S/C9H13N3O2S/c1-5-8-9(6-2)12(7-10-8)15(13,14)11(3)4/h5-7H,1-2H2,3-4H3. The Morgan fingerprint density at radius 1 is 1.40 bits per heavy atom. The van der Waals surface area contributed by atoms with Gasteiger partial charge in [0, 0.05) is 14.1 Å². The predicted molar refractivity (Wildman–Crippen MR) is 60.4 cm³/mol. The Bertz CT molecular complexity index is 485. The molecule has 0 radical (unpaired) electrons. The molecule has 0 spiro atoms. The fourth-order valence-electron chi connectivity index (χ4n) is 1.07. The summed E-state index contributed by atoms with van der Waals surface area (Å²) < 4.78 is 25.8. The van der Waals surface area contributed by atoms with Crippen molar-refractivity contribution in [3.05, 3.63) is 30.9 Å². The van der Waals surface area contributed by atoms with Gasteiger partial charge in [0.05, 0.1) is 11.4 Å². The number of rotatable bonds is 4. The SMILES string of the molecule is C=Cc1ncn(S(=O)(=O)N(C)C)c1C=C. The Kier molecular flexibility index (Phi) is 3.11. The van der Waals surface area contributed by atoms with E-state index in [0.29, 0.717) is 11.4 Å². The highest BCUT2D eigenvalue weighted by molar-refractivity contribution is 7.87. The first kappa shape index (κ1) is 11.7. The molecule has 0 atom stereocenters. The second-order valence-electron chi connectivity index (χ2n) is 3.01. The van der Waals surface area contributed by atoms with Gasteiger partial charge in [-0.15, -0.1) is 0 Å². The summed E-state index contributed by atoms with van der Waals surface area (Å²) in [5.41, 5.74) is 0.911. The minimum Gasteiger partial charge on any atom is -0.236 e. The molecule has 1 heterocycles. The van der Waals surface area contributed by atoms with Crippen molar-refractivity contribution in [1.82, 2.24) is 13.3 Å². The molecular formula is C9H13N3O2S. The molecule has 1 aromatic rings. The van der Waals surface area contributed by atoms with Crippen LogP contribution in [0.15, 0.2) is 19.5 Å². The zero-order valence-electron chi connectivity index (χ0n) is 8.71. The van der Waals surface area contributed by atoms with Crippen molar-refractivity contribution in [1.29, 1.82) is 0 Å². The maximum absolute atomic E-state index is 11.8. The zero-order valence-corrected chi connectivity index (χ0v) is 9.53. The fourth-order valence-corrected chi connectivity index (χ4v) is 2.00. The van der Waals surface area contributed by atoms with Gasteiger partial charge in [-0.3, -0.25) is 0 Å². The Labute approximate surface area is 89.5 Å². The highest BCUT2D eigenvalue weighted by Crippen LogP contribution is 2.14. The highest BCUT2D eigenvalue weighted by Gasteiger charge is 2.20. The minimum atomic E-state index is -3.54. The van der Waals surface area contributed by atoms with Crippen molar-refractivity contribution in [3.63, 3.8) is 0 Å². The van der Waals surface area contributed by atoms with Gasteiger partial charge in [-0.25, -0.2) is 8.96 Å². The molecule has 0 aliphatic carbocycles. The summed E-state index contributed by atoms with van der Waals surface area (Å²) in [6.45, 7) is 7.10. The van der Waals surface area contributed by atoms with Gasteiger partial charge in [0.2, 0.25) is 0 Å². The van der Waals surface area contributed by atoms with Crippen LogP contribution < -0.4 is 0 Å². The normalized spacial score (nSPS) is 11.7. The molecule has 0 fully saturated rings. The van der Waals surface area contributed by atoms with Crippen LogP contribution in [-0.2, 0) is 10.2 Å². The molecule has 0 amide bonds. The van der Waals surface area contributed by atoms with Crippen LogP contribution in [0.4, 0.5) is 0 Å². The third kappa shape index (κ3) is 1.86. The molecular weight excluding hydrogens is 214 g/mol. The monoisotopic (exact) mass is 227 g/mol. The van der Waals surface area contributed by atoms with E-state index in [1.807, 2.05) is 0 Å². The van der Waals surface area contributed by atoms with E-state index < -0.39 is 10.2 Å². The van der Waals surface area contributed by atoms with Crippen molar-refractivity contribution in [3.8, 4) is 0 Å². The lowest BCUT2D eigenvalue weighted by atomic mass is 10.3. The van der Waals surface area contributed by atoms with Gasteiger partial charge >= 0.3 is 10.2 Å². The van der Waals surface area contributed by atoms with Crippen LogP contribution in [0.3, 0.4) is 0 Å². The lowest BCUT2D eigenvalue weighted by Crippen LogP contribution is -2.29. The van der Waals surface area contributed by atoms with Crippen LogP contribution in [0, 0.1) is 0 Å². The fraction of sp³-hybridized carbons (Fsp3) is 0.222. The summed E-state index contributed by atoms with van der Waals surface area (Å²) in [6.07, 6.45) is 4.16. The quantitative estimate of drug-likeness (QED) is 0.765. The third-order valence-corrected chi connectivity index (χ3v) is 3.61. The summed E-state index contributed by atoms with van der Waals surface area (Å²) in [6, 6.07) is 0. The van der Waals surface area contributed by atoms with Gasteiger partial charge in [0.25, 0.3) is 0 Å². The van der Waals surface area contributed by atoms with Gasteiger partial charge in [-0.05, 0) is 12.2 Å². The zero-order chi connectivity index (χ0) is 11.6. The number of imidazole rings is 1. The molecule has 15 heavy (non-hydrogen) atoms. The van der Waals surface area contributed by atoms with Crippen LogP contribution in [-0.4, -0.2) is 35.8 Å². The molecule has 0 aliphatic rings. The molecule has 0 bridgehead atoms. The Hall–Kier alpha value is -1.40. The van der Waals surface area contributed by atoms with Crippen molar-refractivity contribution in [2.24, 2.45) is 0 Å². The maximum Gasteiger partial charge on any atom is 0.308 e. The summed E-state index contributed by atoms with van der Waals surface area (Å²) in [5, 5.41) is 0. The number of hydrogen-bond donors (Lipinski definition) is 0. The first-order valence-corrected chi connectivity index (χ1v) is 5.60. The van der Waals surface area contributed by atoms with Gasteiger partial charge in [0.15, 0.2) is 0 Å². The van der Waals surface area contributed by atoms with Crippen molar-refractivity contribution in [2.75, 3.05) is 14.1 Å². The van der Waals surface area contributed by atoms with Crippen molar-refractivity contribution >= 4 is 22.4 Å².